The number of carboxylic acid groups (broad SMARTS) is 1. The molecule has 0 radical (unpaired) electrons. The Bertz CT molecular complexity index is 1320. The molecule has 7 nitrogen and oxygen atoms in total. The molecule has 43 heavy (non-hydrogen) atoms. The number of carboxylic acids is 1. The van der Waals surface area contributed by atoms with Crippen LogP contribution < -0.4 is 5.32 Å². The molecule has 0 aliphatic carbocycles. The molecule has 3 aromatic rings. The van der Waals surface area contributed by atoms with Crippen molar-refractivity contribution in [3.05, 3.63) is 76.6 Å². The molecule has 3 rings (SSSR count). The lowest BCUT2D eigenvalue weighted by Crippen LogP contribution is -2.35. The van der Waals surface area contributed by atoms with Crippen LogP contribution in [0.2, 0.25) is 0 Å². The summed E-state index contributed by atoms with van der Waals surface area (Å²) in [5.41, 5.74) is 4.92. The summed E-state index contributed by atoms with van der Waals surface area (Å²) in [6, 6.07) is 13.2. The van der Waals surface area contributed by atoms with E-state index in [1.165, 1.54) is 44.3 Å². The van der Waals surface area contributed by atoms with Gasteiger partial charge in [0.15, 0.2) is 5.78 Å². The molecule has 0 amide bonds. The quantitative estimate of drug-likeness (QED) is 0.130. The molecule has 2 heterocycles. The largest absolute Gasteiger partial charge is 0.481 e. The summed E-state index contributed by atoms with van der Waals surface area (Å²) in [6.45, 7) is 12.1. The van der Waals surface area contributed by atoms with Gasteiger partial charge in [0, 0.05) is 29.4 Å². The number of aromatic nitrogens is 1. The first-order valence-electron chi connectivity index (χ1n) is 16.3. The third-order valence-electron chi connectivity index (χ3n) is 8.15. The van der Waals surface area contributed by atoms with Crippen molar-refractivity contribution in [1.82, 2.24) is 14.6 Å². The van der Waals surface area contributed by atoms with E-state index in [0.717, 1.165) is 49.7 Å². The number of hydrogen-bond acceptors (Lipinski definition) is 5. The number of unbranched alkanes of at least 4 members (excludes halogenated alkanes) is 3. The summed E-state index contributed by atoms with van der Waals surface area (Å²) < 4.78 is 1.90. The van der Waals surface area contributed by atoms with Crippen LogP contribution in [0.25, 0.3) is 5.52 Å². The molecule has 0 saturated heterocycles. The number of benzene rings is 1. The van der Waals surface area contributed by atoms with E-state index >= 15 is 0 Å². The Hall–Kier alpha value is -3.29. The molecule has 1 atom stereocenters. The summed E-state index contributed by atoms with van der Waals surface area (Å²) in [4.78, 5) is 40.3. The summed E-state index contributed by atoms with van der Waals surface area (Å²) in [6.07, 6.45) is 11.6. The van der Waals surface area contributed by atoms with Crippen molar-refractivity contribution in [2.75, 3.05) is 26.2 Å². The highest BCUT2D eigenvalue weighted by Gasteiger charge is 2.21. The van der Waals surface area contributed by atoms with E-state index in [1.54, 1.807) is 13.0 Å². The van der Waals surface area contributed by atoms with E-state index in [4.69, 9.17) is 5.11 Å². The minimum Gasteiger partial charge on any atom is -0.481 e. The number of carbonyl (C=O) groups is 3. The van der Waals surface area contributed by atoms with Crippen molar-refractivity contribution in [3.63, 3.8) is 0 Å². The van der Waals surface area contributed by atoms with Crippen LogP contribution in [0.1, 0.15) is 117 Å². The van der Waals surface area contributed by atoms with Crippen molar-refractivity contribution >= 4 is 23.1 Å². The molecule has 0 spiro atoms. The number of Topliss-reactive ketones (excluding diaryl/α,β-unsaturated/α-hetero) is 1. The van der Waals surface area contributed by atoms with Crippen LogP contribution in [-0.2, 0) is 17.6 Å². The zero-order valence-electron chi connectivity index (χ0n) is 26.7. The van der Waals surface area contributed by atoms with Gasteiger partial charge in [-0.2, -0.15) is 0 Å². The maximum absolute atomic E-state index is 13.9. The monoisotopic (exact) mass is 589 g/mol. The Labute approximate surface area is 257 Å². The highest BCUT2D eigenvalue weighted by Crippen LogP contribution is 2.24. The lowest BCUT2D eigenvalue weighted by molar-refractivity contribution is -0.136. The second-order valence-electron chi connectivity index (χ2n) is 11.7. The van der Waals surface area contributed by atoms with Gasteiger partial charge in [-0.1, -0.05) is 64.3 Å². The molecule has 0 aliphatic rings. The first-order chi connectivity index (χ1) is 20.8. The average molecular weight is 590 g/mol. The van der Waals surface area contributed by atoms with Crippen molar-refractivity contribution in [2.45, 2.75) is 97.9 Å². The fourth-order valence-corrected chi connectivity index (χ4v) is 5.50. The minimum absolute atomic E-state index is 0.00857. The van der Waals surface area contributed by atoms with E-state index in [2.05, 4.69) is 43.1 Å². The molecule has 2 aromatic heterocycles. The van der Waals surface area contributed by atoms with Crippen molar-refractivity contribution in [1.29, 1.82) is 0 Å². The second-order valence-corrected chi connectivity index (χ2v) is 11.7. The molecular formula is C36H51N3O4. The van der Waals surface area contributed by atoms with Gasteiger partial charge in [-0.3, -0.25) is 14.4 Å². The first kappa shape index (κ1) is 34.2. The predicted molar refractivity (Wildman–Crippen MR) is 175 cm³/mol. The molecule has 234 valence electrons. The van der Waals surface area contributed by atoms with Crippen molar-refractivity contribution < 1.29 is 19.5 Å². The normalized spacial score (nSPS) is 12.2. The van der Waals surface area contributed by atoms with Crippen molar-refractivity contribution in [2.24, 2.45) is 0 Å². The molecule has 0 bridgehead atoms. The standard InChI is InChI=1S/C36H51N3O4/c1-5-8-13-30-25-32-26-31(35(42)27(4)37-20-18-33(40)41)19-24-39(32)34(30)36(43)29-16-14-28(15-17-29)12-11-23-38(21-9-6-2)22-10-7-3/h14-17,19,24-27,37H,5-13,18,20-23H2,1-4H3,(H,40,41). The summed E-state index contributed by atoms with van der Waals surface area (Å²) in [5.74, 6) is -1.02. The number of ketones is 2. The van der Waals surface area contributed by atoms with Gasteiger partial charge in [-0.25, -0.2) is 0 Å². The van der Waals surface area contributed by atoms with Crippen LogP contribution in [0.3, 0.4) is 0 Å². The molecule has 0 fully saturated rings. The number of aryl methyl sites for hydroxylation is 2. The van der Waals surface area contributed by atoms with E-state index in [9.17, 15) is 14.4 Å². The van der Waals surface area contributed by atoms with Crippen LogP contribution >= 0.6 is 0 Å². The van der Waals surface area contributed by atoms with Gasteiger partial charge < -0.3 is 19.7 Å². The fourth-order valence-electron chi connectivity index (χ4n) is 5.50. The zero-order chi connectivity index (χ0) is 31.2. The molecule has 1 aromatic carbocycles. The average Bonchev–Trinajstić information content (AvgIpc) is 3.37. The smallest absolute Gasteiger partial charge is 0.304 e. The second kappa shape index (κ2) is 17.7. The van der Waals surface area contributed by atoms with E-state index in [1.807, 2.05) is 34.9 Å². The Morgan fingerprint density at radius 1 is 0.837 bits per heavy atom. The van der Waals surface area contributed by atoms with Crippen LogP contribution in [0, 0.1) is 0 Å². The number of fused-ring (bicyclic) bond motifs is 1. The van der Waals surface area contributed by atoms with Gasteiger partial charge in [0.05, 0.1) is 18.2 Å². The first-order valence-corrected chi connectivity index (χ1v) is 16.3. The van der Waals surface area contributed by atoms with Crippen LogP contribution in [0.5, 0.6) is 0 Å². The lowest BCUT2D eigenvalue weighted by Gasteiger charge is -2.21. The third-order valence-corrected chi connectivity index (χ3v) is 8.15. The maximum Gasteiger partial charge on any atom is 0.304 e. The Kier molecular flexibility index (Phi) is 14.1. The predicted octanol–water partition coefficient (Wildman–Crippen LogP) is 6.98. The Morgan fingerprint density at radius 3 is 2.12 bits per heavy atom. The maximum atomic E-state index is 13.9. The van der Waals surface area contributed by atoms with Gasteiger partial charge in [0.2, 0.25) is 5.78 Å². The summed E-state index contributed by atoms with van der Waals surface area (Å²) >= 11 is 0. The Morgan fingerprint density at radius 2 is 1.49 bits per heavy atom. The highest BCUT2D eigenvalue weighted by atomic mass is 16.4. The van der Waals surface area contributed by atoms with E-state index in [-0.39, 0.29) is 24.5 Å². The lowest BCUT2D eigenvalue weighted by atomic mass is 10.00. The molecule has 0 aliphatic heterocycles. The SMILES string of the molecule is CCCCc1cc2cc(C(=O)C(C)NCCC(=O)O)ccn2c1C(=O)c1ccc(CCCN(CCCC)CCCC)cc1. The van der Waals surface area contributed by atoms with Crippen LogP contribution in [0.15, 0.2) is 48.7 Å². The molecule has 0 saturated carbocycles. The highest BCUT2D eigenvalue weighted by molar-refractivity contribution is 6.10. The summed E-state index contributed by atoms with van der Waals surface area (Å²) in [5, 5.41) is 11.9. The molecule has 2 N–H and O–H groups in total. The van der Waals surface area contributed by atoms with E-state index in [0.29, 0.717) is 16.8 Å². The Balaban J connectivity index is 1.74. The van der Waals surface area contributed by atoms with Gasteiger partial charge in [-0.15, -0.1) is 0 Å². The number of pyridine rings is 1. The topological polar surface area (TPSA) is 91.1 Å². The number of rotatable bonds is 21. The zero-order valence-corrected chi connectivity index (χ0v) is 26.7. The van der Waals surface area contributed by atoms with Crippen LogP contribution in [-0.4, -0.2) is 64.2 Å². The summed E-state index contributed by atoms with van der Waals surface area (Å²) in [7, 11) is 0. The minimum atomic E-state index is -0.903. The van der Waals surface area contributed by atoms with Gasteiger partial charge in [-0.05, 0) is 94.4 Å². The molecule has 7 heteroatoms. The van der Waals surface area contributed by atoms with Gasteiger partial charge >= 0.3 is 5.97 Å². The number of carbonyl (C=O) groups excluding carboxylic acids is 2. The third kappa shape index (κ3) is 10.1. The number of nitrogens with one attached hydrogen (secondary N) is 1. The van der Waals surface area contributed by atoms with Gasteiger partial charge in [0.25, 0.3) is 0 Å². The van der Waals surface area contributed by atoms with E-state index < -0.39 is 12.0 Å². The fraction of sp³-hybridized carbons (Fsp3) is 0.528. The van der Waals surface area contributed by atoms with Gasteiger partial charge in [0.1, 0.15) is 0 Å². The number of nitrogens with zero attached hydrogens (tertiary/aromatic N) is 2. The molecule has 1 unspecified atom stereocenters. The van der Waals surface area contributed by atoms with Crippen LogP contribution in [0.4, 0.5) is 0 Å². The molecular weight excluding hydrogens is 538 g/mol. The number of aliphatic carboxylic acids is 1. The number of hydrogen-bond donors (Lipinski definition) is 2. The van der Waals surface area contributed by atoms with Crippen molar-refractivity contribution in [3.8, 4) is 0 Å².